The zero-order valence-electron chi connectivity index (χ0n) is 10.9. The molecule has 1 aromatic carbocycles. The van der Waals surface area contributed by atoms with Crippen LogP contribution >= 0.6 is 0 Å². The number of hydrogen-bond acceptors (Lipinski definition) is 3. The summed E-state index contributed by atoms with van der Waals surface area (Å²) in [6, 6.07) is 14.2. The largest absolute Gasteiger partial charge is 0.349 e. The molecule has 2 heterocycles. The lowest BCUT2D eigenvalue weighted by atomic mass is 9.98. The number of nitrogens with zero attached hydrogens (tertiary/aromatic N) is 2. The van der Waals surface area contributed by atoms with Crippen molar-refractivity contribution in [1.82, 2.24) is 4.98 Å². The van der Waals surface area contributed by atoms with Crippen molar-refractivity contribution in [3.63, 3.8) is 0 Å². The van der Waals surface area contributed by atoms with E-state index < -0.39 is 0 Å². The molecule has 3 heteroatoms. The van der Waals surface area contributed by atoms with Gasteiger partial charge in [-0.1, -0.05) is 30.3 Å². The number of anilines is 1. The minimum atomic E-state index is 0.190. The van der Waals surface area contributed by atoms with Gasteiger partial charge in [0.15, 0.2) is 5.78 Å². The maximum absolute atomic E-state index is 12.0. The molecule has 0 saturated carbocycles. The third-order valence-electron chi connectivity index (χ3n) is 3.57. The van der Waals surface area contributed by atoms with Gasteiger partial charge in [0.05, 0.1) is 5.56 Å². The molecule has 1 aromatic heterocycles. The standard InChI is InChI=1S/C16H16N2O/c1-12-10-15(19)14-8-5-9-17-16(14)18(12)11-13-6-3-2-4-7-13/h2-9,12H,10-11H2,1H3. The molecule has 3 nitrogen and oxygen atoms in total. The van der Waals surface area contributed by atoms with Gasteiger partial charge >= 0.3 is 0 Å². The average Bonchev–Trinajstić information content (AvgIpc) is 2.45. The van der Waals surface area contributed by atoms with Crippen LogP contribution in [0.25, 0.3) is 0 Å². The van der Waals surface area contributed by atoms with Crippen LogP contribution in [0.2, 0.25) is 0 Å². The summed E-state index contributed by atoms with van der Waals surface area (Å²) in [5.41, 5.74) is 1.98. The number of fused-ring (bicyclic) bond motifs is 1. The predicted molar refractivity (Wildman–Crippen MR) is 75.3 cm³/mol. The summed E-state index contributed by atoms with van der Waals surface area (Å²) in [7, 11) is 0. The average molecular weight is 252 g/mol. The number of aromatic nitrogens is 1. The maximum atomic E-state index is 12.0. The zero-order valence-corrected chi connectivity index (χ0v) is 10.9. The van der Waals surface area contributed by atoms with Crippen molar-refractivity contribution < 1.29 is 4.79 Å². The SMILES string of the molecule is CC1CC(=O)c2cccnc2N1Cc1ccccc1. The molecular weight excluding hydrogens is 236 g/mol. The van der Waals surface area contributed by atoms with Crippen molar-refractivity contribution in [3.05, 3.63) is 59.8 Å². The Hall–Kier alpha value is -2.16. The van der Waals surface area contributed by atoms with Gasteiger partial charge in [-0.15, -0.1) is 0 Å². The monoisotopic (exact) mass is 252 g/mol. The zero-order chi connectivity index (χ0) is 13.2. The first-order chi connectivity index (χ1) is 9.25. The second kappa shape index (κ2) is 4.84. The molecule has 0 radical (unpaired) electrons. The topological polar surface area (TPSA) is 33.2 Å². The van der Waals surface area contributed by atoms with Crippen LogP contribution in [-0.2, 0) is 6.54 Å². The minimum Gasteiger partial charge on any atom is -0.349 e. The number of Topliss-reactive ketones (excluding diaryl/α,β-unsaturated/α-hetero) is 1. The molecule has 2 aromatic rings. The second-order valence-corrected chi connectivity index (χ2v) is 4.96. The molecule has 1 aliphatic rings. The minimum absolute atomic E-state index is 0.190. The van der Waals surface area contributed by atoms with Gasteiger partial charge in [-0.2, -0.15) is 0 Å². The molecule has 3 rings (SSSR count). The lowest BCUT2D eigenvalue weighted by molar-refractivity contribution is 0.0967. The number of rotatable bonds is 2. The Morgan fingerprint density at radius 3 is 2.79 bits per heavy atom. The summed E-state index contributed by atoms with van der Waals surface area (Å²) in [6.45, 7) is 2.87. The first-order valence-corrected chi connectivity index (χ1v) is 6.54. The fourth-order valence-corrected chi connectivity index (χ4v) is 2.55. The van der Waals surface area contributed by atoms with Gasteiger partial charge < -0.3 is 4.90 Å². The Balaban J connectivity index is 1.97. The third kappa shape index (κ3) is 2.24. The number of ketones is 1. The van der Waals surface area contributed by atoms with Gasteiger partial charge in [0.1, 0.15) is 5.82 Å². The van der Waals surface area contributed by atoms with E-state index in [1.807, 2.05) is 30.3 Å². The van der Waals surface area contributed by atoms with E-state index in [2.05, 4.69) is 28.9 Å². The molecule has 0 amide bonds. The molecule has 0 saturated heterocycles. The number of pyridine rings is 1. The highest BCUT2D eigenvalue weighted by molar-refractivity contribution is 6.02. The number of carbonyl (C=O) groups is 1. The van der Waals surface area contributed by atoms with E-state index in [-0.39, 0.29) is 11.8 Å². The highest BCUT2D eigenvalue weighted by Gasteiger charge is 2.29. The van der Waals surface area contributed by atoms with E-state index in [0.29, 0.717) is 6.42 Å². The van der Waals surface area contributed by atoms with Crippen molar-refractivity contribution in [2.24, 2.45) is 0 Å². The van der Waals surface area contributed by atoms with Crippen molar-refractivity contribution in [2.75, 3.05) is 4.90 Å². The quantitative estimate of drug-likeness (QED) is 0.823. The molecule has 1 unspecified atom stereocenters. The van der Waals surface area contributed by atoms with E-state index in [1.165, 1.54) is 5.56 Å². The van der Waals surface area contributed by atoms with Crippen molar-refractivity contribution in [2.45, 2.75) is 25.9 Å². The van der Waals surface area contributed by atoms with Gasteiger partial charge in [-0.05, 0) is 24.6 Å². The van der Waals surface area contributed by atoms with Crippen LogP contribution < -0.4 is 4.90 Å². The Labute approximate surface area is 112 Å². The molecule has 0 spiro atoms. The van der Waals surface area contributed by atoms with Gasteiger partial charge in [0.25, 0.3) is 0 Å². The fraction of sp³-hybridized carbons (Fsp3) is 0.250. The van der Waals surface area contributed by atoms with Crippen LogP contribution in [0.15, 0.2) is 48.7 Å². The van der Waals surface area contributed by atoms with Crippen LogP contribution in [0.5, 0.6) is 0 Å². The lowest BCUT2D eigenvalue weighted by Gasteiger charge is -2.35. The summed E-state index contributed by atoms with van der Waals surface area (Å²) in [5, 5.41) is 0. The van der Waals surface area contributed by atoms with Crippen LogP contribution in [0.3, 0.4) is 0 Å². The Morgan fingerprint density at radius 2 is 2.00 bits per heavy atom. The summed E-state index contributed by atoms with van der Waals surface area (Å²) < 4.78 is 0. The van der Waals surface area contributed by atoms with Gasteiger partial charge in [-0.25, -0.2) is 4.98 Å². The van der Waals surface area contributed by atoms with Crippen molar-refractivity contribution in [1.29, 1.82) is 0 Å². The molecular formula is C16H16N2O. The number of hydrogen-bond donors (Lipinski definition) is 0. The van der Waals surface area contributed by atoms with E-state index in [4.69, 9.17) is 0 Å². The fourth-order valence-electron chi connectivity index (χ4n) is 2.55. The van der Waals surface area contributed by atoms with Crippen LogP contribution in [0, 0.1) is 0 Å². The van der Waals surface area contributed by atoms with E-state index in [0.717, 1.165) is 17.9 Å². The molecule has 1 aliphatic heterocycles. The van der Waals surface area contributed by atoms with E-state index in [9.17, 15) is 4.79 Å². The first-order valence-electron chi connectivity index (χ1n) is 6.54. The summed E-state index contributed by atoms with van der Waals surface area (Å²) in [5.74, 6) is 1.01. The normalized spacial score (nSPS) is 18.3. The van der Waals surface area contributed by atoms with Crippen LogP contribution in [-0.4, -0.2) is 16.8 Å². The molecule has 0 N–H and O–H groups in total. The van der Waals surface area contributed by atoms with Gasteiger partial charge in [-0.3, -0.25) is 4.79 Å². The third-order valence-corrected chi connectivity index (χ3v) is 3.57. The number of carbonyl (C=O) groups excluding carboxylic acids is 1. The highest BCUT2D eigenvalue weighted by atomic mass is 16.1. The lowest BCUT2D eigenvalue weighted by Crippen LogP contribution is -2.39. The molecule has 0 bridgehead atoms. The highest BCUT2D eigenvalue weighted by Crippen LogP contribution is 2.29. The van der Waals surface area contributed by atoms with Crippen LogP contribution in [0.4, 0.5) is 5.82 Å². The molecule has 0 fully saturated rings. The van der Waals surface area contributed by atoms with Crippen molar-refractivity contribution in [3.8, 4) is 0 Å². The molecule has 1 atom stereocenters. The van der Waals surface area contributed by atoms with E-state index in [1.54, 1.807) is 6.20 Å². The second-order valence-electron chi connectivity index (χ2n) is 4.96. The molecule has 0 aliphatic carbocycles. The molecule has 96 valence electrons. The van der Waals surface area contributed by atoms with Crippen molar-refractivity contribution >= 4 is 11.6 Å². The van der Waals surface area contributed by atoms with E-state index >= 15 is 0 Å². The summed E-state index contributed by atoms with van der Waals surface area (Å²) in [4.78, 5) is 18.6. The Kier molecular flexibility index (Phi) is 3.03. The Morgan fingerprint density at radius 1 is 1.21 bits per heavy atom. The number of benzene rings is 1. The predicted octanol–water partition coefficient (Wildman–Crippen LogP) is 3.06. The van der Waals surface area contributed by atoms with Crippen LogP contribution in [0.1, 0.15) is 29.3 Å². The first kappa shape index (κ1) is 11.9. The van der Waals surface area contributed by atoms with Gasteiger partial charge in [0.2, 0.25) is 0 Å². The summed E-state index contributed by atoms with van der Waals surface area (Å²) >= 11 is 0. The van der Waals surface area contributed by atoms with Gasteiger partial charge in [0, 0.05) is 25.2 Å². The maximum Gasteiger partial charge on any atom is 0.168 e. The smallest absolute Gasteiger partial charge is 0.168 e. The Bertz CT molecular complexity index is 595. The summed E-state index contributed by atoms with van der Waals surface area (Å²) in [6.07, 6.45) is 2.31. The molecule has 19 heavy (non-hydrogen) atoms.